The van der Waals surface area contributed by atoms with Gasteiger partial charge in [-0.1, -0.05) is 210 Å². The molecule has 1 unspecified atom stereocenters. The molecule has 67 heavy (non-hydrogen) atoms. The van der Waals surface area contributed by atoms with E-state index in [0.29, 0.717) is 12.8 Å². The van der Waals surface area contributed by atoms with E-state index in [4.69, 9.17) is 14.2 Å². The summed E-state index contributed by atoms with van der Waals surface area (Å²) in [5.74, 6) is -1.13. The average Bonchev–Trinajstić information content (AvgIpc) is 3.33. The monoisotopic (exact) mass is 919 g/mol. The molecule has 0 heterocycles. The third-order valence-corrected chi connectivity index (χ3v) is 9.81. The van der Waals surface area contributed by atoms with Crippen molar-refractivity contribution >= 4 is 17.9 Å². The van der Waals surface area contributed by atoms with E-state index >= 15 is 0 Å². The first kappa shape index (κ1) is 61.8. The zero-order valence-corrected chi connectivity index (χ0v) is 42.1. The highest BCUT2D eigenvalue weighted by Gasteiger charge is 2.19. The van der Waals surface area contributed by atoms with Crippen molar-refractivity contribution in [2.75, 3.05) is 13.2 Å². The molecule has 0 N–H and O–H groups in total. The van der Waals surface area contributed by atoms with E-state index in [9.17, 15) is 14.4 Å². The maximum atomic E-state index is 12.8. The molecule has 0 bridgehead atoms. The standard InChI is InChI=1S/C61H90O6/c1-4-7-10-13-16-19-22-25-27-29-30-32-33-36-39-42-45-48-51-54-60(63)66-57-58(56-65-59(62)53-50-47-44-41-38-35-24-21-18-15-12-9-6-3)67-61(64)55-52-49-46-43-40-37-34-31-28-26-23-20-17-14-11-8-5-2/h7,9-10,12,15-21,24-28,30,32,34-39,41,43-44,46,58H,4-6,8,11,13-14,22-23,29,31,33,40,42,45,47-57H2,1-3H3/b10-7+,12-9+,18-15+,19-16+,20-17+,24-21+,27-25+,28-26+,32-30+,37-34+,38-35+,39-36+,44-41+,46-43+. The van der Waals surface area contributed by atoms with Crippen molar-refractivity contribution in [3.05, 3.63) is 170 Å². The van der Waals surface area contributed by atoms with Gasteiger partial charge in [0.2, 0.25) is 0 Å². The molecule has 0 radical (unpaired) electrons. The topological polar surface area (TPSA) is 78.9 Å². The molecule has 0 rings (SSSR count). The number of hydrogen-bond donors (Lipinski definition) is 0. The number of rotatable bonds is 43. The minimum atomic E-state index is -0.858. The van der Waals surface area contributed by atoms with E-state index in [1.54, 1.807) is 0 Å². The summed E-state index contributed by atoms with van der Waals surface area (Å²) < 4.78 is 16.6. The first-order chi connectivity index (χ1) is 33.0. The Morgan fingerprint density at radius 1 is 0.328 bits per heavy atom. The number of carbonyl (C=O) groups is 3. The van der Waals surface area contributed by atoms with Crippen LogP contribution in [0.3, 0.4) is 0 Å². The van der Waals surface area contributed by atoms with Crippen LogP contribution in [0.2, 0.25) is 0 Å². The molecule has 0 aromatic carbocycles. The first-order valence-electron chi connectivity index (χ1n) is 25.7. The van der Waals surface area contributed by atoms with Gasteiger partial charge in [0, 0.05) is 19.3 Å². The van der Waals surface area contributed by atoms with Crippen LogP contribution in [0.5, 0.6) is 0 Å². The quantitative estimate of drug-likeness (QED) is 0.0199. The zero-order chi connectivity index (χ0) is 48.6. The Labute approximate surface area is 409 Å². The summed E-state index contributed by atoms with van der Waals surface area (Å²) in [5, 5.41) is 0. The highest BCUT2D eigenvalue weighted by molar-refractivity contribution is 5.71. The third-order valence-electron chi connectivity index (χ3n) is 9.81. The summed E-state index contributed by atoms with van der Waals surface area (Å²) in [6.45, 7) is 6.17. The molecule has 0 fully saturated rings. The molecule has 0 saturated carbocycles. The molecule has 0 aliphatic carbocycles. The molecule has 0 spiro atoms. The molecule has 0 aliphatic rings. The van der Waals surface area contributed by atoms with Gasteiger partial charge in [0.05, 0.1) is 0 Å². The largest absolute Gasteiger partial charge is 0.462 e. The fourth-order valence-electron chi connectivity index (χ4n) is 6.02. The Morgan fingerprint density at radius 2 is 0.672 bits per heavy atom. The average molecular weight is 919 g/mol. The minimum Gasteiger partial charge on any atom is -0.462 e. The van der Waals surface area contributed by atoms with Crippen molar-refractivity contribution in [2.24, 2.45) is 0 Å². The van der Waals surface area contributed by atoms with Crippen LogP contribution in [0.25, 0.3) is 0 Å². The number of carbonyl (C=O) groups excluding carboxylic acids is 3. The van der Waals surface area contributed by atoms with Gasteiger partial charge in [-0.05, 0) is 116 Å². The lowest BCUT2D eigenvalue weighted by Gasteiger charge is -2.18. The Kier molecular flexibility index (Phi) is 49.2. The Balaban J connectivity index is 4.66. The molecule has 0 aromatic heterocycles. The van der Waals surface area contributed by atoms with Gasteiger partial charge in [-0.25, -0.2) is 0 Å². The van der Waals surface area contributed by atoms with E-state index in [-0.39, 0.29) is 44.4 Å². The van der Waals surface area contributed by atoms with E-state index in [1.165, 1.54) is 25.7 Å². The normalized spacial score (nSPS) is 13.5. The van der Waals surface area contributed by atoms with Crippen LogP contribution in [0, 0.1) is 0 Å². The van der Waals surface area contributed by atoms with Gasteiger partial charge >= 0.3 is 17.9 Å². The number of unbranched alkanes of at least 4 members (excludes halogenated alkanes) is 8. The van der Waals surface area contributed by atoms with Crippen molar-refractivity contribution in [3.8, 4) is 0 Å². The fraction of sp³-hybridized carbons (Fsp3) is 0.492. The van der Waals surface area contributed by atoms with Gasteiger partial charge in [-0.2, -0.15) is 0 Å². The summed E-state index contributed by atoms with van der Waals surface area (Å²) in [4.78, 5) is 37.9. The van der Waals surface area contributed by atoms with Crippen molar-refractivity contribution in [1.29, 1.82) is 0 Å². The predicted molar refractivity (Wildman–Crippen MR) is 288 cm³/mol. The van der Waals surface area contributed by atoms with E-state index < -0.39 is 12.1 Å². The van der Waals surface area contributed by atoms with Crippen LogP contribution in [-0.4, -0.2) is 37.2 Å². The summed E-state index contributed by atoms with van der Waals surface area (Å²) in [7, 11) is 0. The van der Waals surface area contributed by atoms with Crippen LogP contribution >= 0.6 is 0 Å². The summed E-state index contributed by atoms with van der Waals surface area (Å²) in [6, 6.07) is 0. The first-order valence-corrected chi connectivity index (χ1v) is 25.7. The smallest absolute Gasteiger partial charge is 0.306 e. The van der Waals surface area contributed by atoms with Gasteiger partial charge in [0.1, 0.15) is 13.2 Å². The molecule has 0 saturated heterocycles. The van der Waals surface area contributed by atoms with E-state index in [1.807, 2.05) is 54.7 Å². The van der Waals surface area contributed by atoms with Crippen LogP contribution in [0.1, 0.15) is 175 Å². The zero-order valence-electron chi connectivity index (χ0n) is 42.1. The third kappa shape index (κ3) is 51.6. The Morgan fingerprint density at radius 3 is 1.12 bits per heavy atom. The van der Waals surface area contributed by atoms with Crippen LogP contribution in [-0.2, 0) is 28.6 Å². The number of ether oxygens (including phenoxy) is 3. The van der Waals surface area contributed by atoms with E-state index in [0.717, 1.165) is 96.3 Å². The van der Waals surface area contributed by atoms with Crippen LogP contribution in [0.4, 0.5) is 0 Å². The minimum absolute atomic E-state index is 0.149. The Bertz CT molecular complexity index is 1620. The van der Waals surface area contributed by atoms with Crippen molar-refractivity contribution in [2.45, 2.75) is 181 Å². The summed E-state index contributed by atoms with van der Waals surface area (Å²) in [6.07, 6.45) is 79.2. The maximum absolute atomic E-state index is 12.8. The molecule has 370 valence electrons. The van der Waals surface area contributed by atoms with Gasteiger partial charge in [-0.15, -0.1) is 0 Å². The number of esters is 3. The van der Waals surface area contributed by atoms with Crippen molar-refractivity contribution in [3.63, 3.8) is 0 Å². The highest BCUT2D eigenvalue weighted by atomic mass is 16.6. The second-order valence-electron chi connectivity index (χ2n) is 16.1. The molecular formula is C61H90O6. The number of allylic oxidation sites excluding steroid dienone is 28. The van der Waals surface area contributed by atoms with Crippen molar-refractivity contribution in [1.82, 2.24) is 0 Å². The molecule has 1 atom stereocenters. The lowest BCUT2D eigenvalue weighted by atomic mass is 10.1. The molecule has 6 heteroatoms. The lowest BCUT2D eigenvalue weighted by molar-refractivity contribution is -0.167. The maximum Gasteiger partial charge on any atom is 0.306 e. The molecular weight excluding hydrogens is 829 g/mol. The van der Waals surface area contributed by atoms with Crippen molar-refractivity contribution < 1.29 is 28.6 Å². The highest BCUT2D eigenvalue weighted by Crippen LogP contribution is 2.09. The van der Waals surface area contributed by atoms with Crippen LogP contribution < -0.4 is 0 Å². The molecule has 0 aliphatic heterocycles. The van der Waals surface area contributed by atoms with Gasteiger partial charge in [0.15, 0.2) is 6.10 Å². The second-order valence-corrected chi connectivity index (χ2v) is 16.1. The van der Waals surface area contributed by atoms with Gasteiger partial charge in [-0.3, -0.25) is 14.4 Å². The number of hydrogen-bond acceptors (Lipinski definition) is 6. The molecule has 0 aromatic rings. The summed E-state index contributed by atoms with van der Waals surface area (Å²) in [5.41, 5.74) is 0. The summed E-state index contributed by atoms with van der Waals surface area (Å²) >= 11 is 0. The predicted octanol–water partition coefficient (Wildman–Crippen LogP) is 17.2. The molecule has 6 nitrogen and oxygen atoms in total. The molecule has 0 amide bonds. The van der Waals surface area contributed by atoms with Gasteiger partial charge in [0.25, 0.3) is 0 Å². The second kappa shape index (κ2) is 53.4. The lowest BCUT2D eigenvalue weighted by Crippen LogP contribution is -2.30. The SMILES string of the molecule is CC/C=C/C=C/C=C/C=C/C=C/CCCC(=O)OCC(COC(=O)CCCCC/C=C/C/C=C/C/C=C/C/C=C/C/C=C/CC)OC(=O)CCC/C=C/C/C=C/C/C=C/C/C=C/CCCCC. The fourth-order valence-corrected chi connectivity index (χ4v) is 6.02. The van der Waals surface area contributed by atoms with E-state index in [2.05, 4.69) is 136 Å². The van der Waals surface area contributed by atoms with Gasteiger partial charge < -0.3 is 14.2 Å². The van der Waals surface area contributed by atoms with Crippen LogP contribution in [0.15, 0.2) is 170 Å². The Hall–Kier alpha value is -5.23.